The molecule has 0 bridgehead atoms. The molecule has 1 heterocycles. The summed E-state index contributed by atoms with van der Waals surface area (Å²) in [7, 11) is 0. The monoisotopic (exact) mass is 228 g/mol. The Kier molecular flexibility index (Phi) is 3.97. The lowest BCUT2D eigenvalue weighted by atomic mass is 9.90. The zero-order valence-electron chi connectivity index (χ0n) is 9.98. The van der Waals surface area contributed by atoms with Crippen molar-refractivity contribution >= 4 is 11.8 Å². The predicted molar refractivity (Wildman–Crippen MR) is 68.3 cm³/mol. The fourth-order valence-corrected chi connectivity index (χ4v) is 4.40. The van der Waals surface area contributed by atoms with Crippen LogP contribution in [0, 0.1) is 0 Å². The Hall–Kier alpha value is 0.270. The van der Waals surface area contributed by atoms with E-state index in [9.17, 15) is 0 Å². The average molecular weight is 228 g/mol. The number of hydrogen-bond acceptors (Lipinski definition) is 3. The van der Waals surface area contributed by atoms with Gasteiger partial charge in [0.2, 0.25) is 0 Å². The van der Waals surface area contributed by atoms with E-state index in [4.69, 9.17) is 5.73 Å². The minimum atomic E-state index is 0.462. The van der Waals surface area contributed by atoms with Gasteiger partial charge in [-0.2, -0.15) is 11.8 Å². The Balaban J connectivity index is 1.91. The van der Waals surface area contributed by atoms with Gasteiger partial charge < -0.3 is 5.73 Å². The first-order valence-corrected chi connectivity index (χ1v) is 7.24. The van der Waals surface area contributed by atoms with Crippen LogP contribution in [0.25, 0.3) is 0 Å². The van der Waals surface area contributed by atoms with Crippen molar-refractivity contribution in [2.75, 3.05) is 13.1 Å². The van der Waals surface area contributed by atoms with E-state index in [1.54, 1.807) is 0 Å². The molecule has 2 nitrogen and oxygen atoms in total. The van der Waals surface area contributed by atoms with Crippen molar-refractivity contribution in [2.45, 2.75) is 62.1 Å². The second-order valence-electron chi connectivity index (χ2n) is 5.29. The molecule has 2 fully saturated rings. The van der Waals surface area contributed by atoms with Gasteiger partial charge in [0, 0.05) is 35.7 Å². The fourth-order valence-electron chi connectivity index (χ4n) is 3.05. The smallest absolute Gasteiger partial charge is 0.0149 e. The van der Waals surface area contributed by atoms with Crippen molar-refractivity contribution in [2.24, 2.45) is 5.73 Å². The van der Waals surface area contributed by atoms with Crippen molar-refractivity contribution in [3.63, 3.8) is 0 Å². The summed E-state index contributed by atoms with van der Waals surface area (Å²) in [6, 6.07) is 1.24. The van der Waals surface area contributed by atoms with Crippen LogP contribution in [-0.4, -0.2) is 40.6 Å². The highest BCUT2D eigenvalue weighted by Crippen LogP contribution is 2.30. The Bertz CT molecular complexity index is 200. The van der Waals surface area contributed by atoms with Gasteiger partial charge in [-0.25, -0.2) is 0 Å². The molecular weight excluding hydrogens is 204 g/mol. The third-order valence-corrected chi connectivity index (χ3v) is 4.88. The molecule has 0 aromatic heterocycles. The molecule has 0 aromatic carbocycles. The quantitative estimate of drug-likeness (QED) is 0.745. The lowest BCUT2D eigenvalue weighted by Gasteiger charge is -2.42. The van der Waals surface area contributed by atoms with E-state index in [0.29, 0.717) is 6.04 Å². The highest BCUT2D eigenvalue weighted by molar-refractivity contribution is 8.00. The van der Waals surface area contributed by atoms with Crippen LogP contribution >= 0.6 is 11.8 Å². The van der Waals surface area contributed by atoms with Gasteiger partial charge in [0.25, 0.3) is 0 Å². The lowest BCUT2D eigenvalue weighted by molar-refractivity contribution is 0.145. The van der Waals surface area contributed by atoms with Gasteiger partial charge in [0.1, 0.15) is 0 Å². The molecule has 4 unspecified atom stereocenters. The maximum absolute atomic E-state index is 6.07. The highest BCUT2D eigenvalue weighted by atomic mass is 32.2. The van der Waals surface area contributed by atoms with E-state index < -0.39 is 0 Å². The number of thioether (sulfide) groups is 1. The summed E-state index contributed by atoms with van der Waals surface area (Å²) < 4.78 is 0. The number of rotatable bonds is 1. The van der Waals surface area contributed by atoms with Crippen LogP contribution in [0.1, 0.15) is 39.5 Å². The standard InChI is InChI=1S/C12H24N2S/c1-9-7-14(8-10(2)15-9)12-5-3-4-11(13)6-12/h9-12H,3-8,13H2,1-2H3. The van der Waals surface area contributed by atoms with Crippen molar-refractivity contribution in [3.05, 3.63) is 0 Å². The second kappa shape index (κ2) is 5.07. The molecule has 4 atom stereocenters. The van der Waals surface area contributed by atoms with Gasteiger partial charge in [-0.15, -0.1) is 0 Å². The Morgan fingerprint density at radius 2 is 1.80 bits per heavy atom. The van der Waals surface area contributed by atoms with Gasteiger partial charge in [0.05, 0.1) is 0 Å². The molecule has 2 aliphatic rings. The first kappa shape index (κ1) is 11.7. The van der Waals surface area contributed by atoms with E-state index in [1.807, 2.05) is 0 Å². The van der Waals surface area contributed by atoms with Crippen LogP contribution in [0.4, 0.5) is 0 Å². The second-order valence-corrected chi connectivity index (χ2v) is 7.17. The lowest BCUT2D eigenvalue weighted by Crippen LogP contribution is -2.49. The third-order valence-electron chi connectivity index (χ3n) is 3.65. The minimum Gasteiger partial charge on any atom is -0.328 e. The third kappa shape index (κ3) is 3.11. The van der Waals surface area contributed by atoms with Crippen molar-refractivity contribution in [1.29, 1.82) is 0 Å². The molecule has 1 aliphatic heterocycles. The molecule has 88 valence electrons. The molecule has 0 radical (unpaired) electrons. The Labute approximate surface area is 98.0 Å². The first-order chi connectivity index (χ1) is 7.15. The highest BCUT2D eigenvalue weighted by Gasteiger charge is 2.30. The van der Waals surface area contributed by atoms with Crippen LogP contribution in [0.2, 0.25) is 0 Å². The van der Waals surface area contributed by atoms with Crippen molar-refractivity contribution in [1.82, 2.24) is 4.90 Å². The number of hydrogen-bond donors (Lipinski definition) is 1. The van der Waals surface area contributed by atoms with E-state index in [2.05, 4.69) is 30.5 Å². The zero-order chi connectivity index (χ0) is 10.8. The van der Waals surface area contributed by atoms with Gasteiger partial charge >= 0.3 is 0 Å². The van der Waals surface area contributed by atoms with E-state index in [-0.39, 0.29) is 0 Å². The SMILES string of the molecule is CC1CN(C2CCCC(N)C2)CC(C)S1. The summed E-state index contributed by atoms with van der Waals surface area (Å²) in [6.07, 6.45) is 5.17. The van der Waals surface area contributed by atoms with Crippen molar-refractivity contribution in [3.8, 4) is 0 Å². The Morgan fingerprint density at radius 1 is 1.13 bits per heavy atom. The summed E-state index contributed by atoms with van der Waals surface area (Å²) in [6.45, 7) is 7.25. The first-order valence-electron chi connectivity index (χ1n) is 6.30. The van der Waals surface area contributed by atoms with Crippen molar-refractivity contribution < 1.29 is 0 Å². The van der Waals surface area contributed by atoms with Crippen LogP contribution in [-0.2, 0) is 0 Å². The normalized spacial score (nSPS) is 44.2. The molecule has 1 saturated heterocycles. The van der Waals surface area contributed by atoms with Gasteiger partial charge in [0.15, 0.2) is 0 Å². The fraction of sp³-hybridized carbons (Fsp3) is 1.00. The number of nitrogens with zero attached hydrogens (tertiary/aromatic N) is 1. The van der Waals surface area contributed by atoms with Gasteiger partial charge in [-0.3, -0.25) is 4.90 Å². The molecule has 3 heteroatoms. The molecule has 15 heavy (non-hydrogen) atoms. The largest absolute Gasteiger partial charge is 0.328 e. The molecule has 2 rings (SSSR count). The van der Waals surface area contributed by atoms with Crippen LogP contribution in [0.5, 0.6) is 0 Å². The molecule has 0 spiro atoms. The van der Waals surface area contributed by atoms with Crippen LogP contribution in [0.3, 0.4) is 0 Å². The topological polar surface area (TPSA) is 29.3 Å². The maximum Gasteiger partial charge on any atom is 0.0149 e. The van der Waals surface area contributed by atoms with Crippen LogP contribution < -0.4 is 5.73 Å². The molecule has 0 aromatic rings. The predicted octanol–water partition coefficient (Wildman–Crippen LogP) is 2.08. The van der Waals surface area contributed by atoms with E-state index >= 15 is 0 Å². The van der Waals surface area contributed by atoms with E-state index in [0.717, 1.165) is 16.5 Å². The number of nitrogens with two attached hydrogens (primary N) is 1. The Morgan fingerprint density at radius 3 is 2.40 bits per heavy atom. The molecule has 1 aliphatic carbocycles. The van der Waals surface area contributed by atoms with Gasteiger partial charge in [-0.05, 0) is 19.3 Å². The maximum atomic E-state index is 6.07. The zero-order valence-corrected chi connectivity index (χ0v) is 10.8. The van der Waals surface area contributed by atoms with Crippen LogP contribution in [0.15, 0.2) is 0 Å². The van der Waals surface area contributed by atoms with Gasteiger partial charge in [-0.1, -0.05) is 20.3 Å². The molecule has 0 amide bonds. The summed E-state index contributed by atoms with van der Waals surface area (Å²) in [5.74, 6) is 0. The molecule has 1 saturated carbocycles. The summed E-state index contributed by atoms with van der Waals surface area (Å²) in [4.78, 5) is 2.70. The minimum absolute atomic E-state index is 0.462. The van der Waals surface area contributed by atoms with E-state index in [1.165, 1.54) is 38.8 Å². The molecular formula is C12H24N2S. The summed E-state index contributed by atoms with van der Waals surface area (Å²) >= 11 is 2.14. The summed E-state index contributed by atoms with van der Waals surface area (Å²) in [5.41, 5.74) is 6.07. The molecule has 2 N–H and O–H groups in total. The average Bonchev–Trinajstić information content (AvgIpc) is 2.16. The summed E-state index contributed by atoms with van der Waals surface area (Å²) in [5, 5.41) is 1.60.